The molecule has 0 atom stereocenters. The van der Waals surface area contributed by atoms with Gasteiger partial charge in [0, 0.05) is 44.9 Å². The van der Waals surface area contributed by atoms with Gasteiger partial charge in [0.1, 0.15) is 0 Å². The van der Waals surface area contributed by atoms with E-state index in [2.05, 4.69) is 331 Å². The van der Waals surface area contributed by atoms with E-state index in [0.29, 0.717) is 0 Å². The number of rotatable bonds is 6. The van der Waals surface area contributed by atoms with Crippen molar-refractivity contribution in [2.75, 3.05) is 9.80 Å². The van der Waals surface area contributed by atoms with Crippen molar-refractivity contribution in [3.63, 3.8) is 0 Å². The van der Waals surface area contributed by atoms with Crippen LogP contribution in [-0.4, -0.2) is 11.3 Å². The maximum Gasteiger partial charge on any atom is 0.252 e. The Hall–Kier alpha value is -8.34. The van der Waals surface area contributed by atoms with Gasteiger partial charge in [-0.1, -0.05) is 256 Å². The first-order valence-electron chi connectivity index (χ1n) is 31.8. The number of aromatic nitrogens is 1. The summed E-state index contributed by atoms with van der Waals surface area (Å²) < 4.78 is 2.53. The lowest BCUT2D eigenvalue weighted by molar-refractivity contribution is 0.403. The molecular formula is C83H84BN3. The average Bonchev–Trinajstić information content (AvgIpc) is 1.09. The van der Waals surface area contributed by atoms with Gasteiger partial charge < -0.3 is 14.4 Å². The molecule has 3 nitrogen and oxygen atoms in total. The van der Waals surface area contributed by atoms with Crippen LogP contribution in [0.15, 0.2) is 206 Å². The molecule has 3 heterocycles. The zero-order chi connectivity index (χ0) is 61.1. The topological polar surface area (TPSA) is 11.4 Å². The van der Waals surface area contributed by atoms with Crippen molar-refractivity contribution in [3.8, 4) is 39.1 Å². The van der Waals surface area contributed by atoms with Crippen LogP contribution in [0.1, 0.15) is 151 Å². The second kappa shape index (κ2) is 19.6. The fraction of sp³-hybridized carbons (Fsp3) is 0.277. The predicted octanol–water partition coefficient (Wildman–Crippen LogP) is 21.0. The van der Waals surface area contributed by atoms with Crippen LogP contribution >= 0.6 is 0 Å². The molecule has 434 valence electrons. The molecule has 0 unspecified atom stereocenters. The van der Waals surface area contributed by atoms with Gasteiger partial charge in [-0.2, -0.15) is 0 Å². The van der Waals surface area contributed by atoms with Gasteiger partial charge in [0.2, 0.25) is 0 Å². The lowest BCUT2D eigenvalue weighted by Gasteiger charge is -2.45. The standard InChI is InChI=1S/C83H84BN3/c1-78(2,3)58-25-21-23-53(41-58)56-34-39-73-69(44-56)84-70-45-57(54-24-22-26-59(42-54)79(4,5)6)35-40-74(70)87(63-47-60(80(7,8)9)46-61(48-63)81(10,11)12)76-50-64(86-71-29-19-17-27-65(71)66-28-18-20-30-72(66)86)49-75(77(76)84)85(73)62-36-31-52(32-37-62)55-33-38-67-68(43-55)83(15,16)51-82(67,13)14/h17-50H,51H2,1-16H3. The number of fused-ring (bicyclic) bond motifs is 8. The largest absolute Gasteiger partial charge is 0.311 e. The van der Waals surface area contributed by atoms with Crippen molar-refractivity contribution in [3.05, 3.63) is 240 Å². The summed E-state index contributed by atoms with van der Waals surface area (Å²) in [6.45, 7) is 37.6. The molecule has 0 saturated carbocycles. The van der Waals surface area contributed by atoms with Gasteiger partial charge in [-0.15, -0.1) is 0 Å². The highest BCUT2D eigenvalue weighted by Crippen LogP contribution is 2.52. The van der Waals surface area contributed by atoms with Gasteiger partial charge in [-0.05, 0) is 183 Å². The molecular weight excluding hydrogens is 1050 g/mol. The summed E-state index contributed by atoms with van der Waals surface area (Å²) >= 11 is 0. The number of hydrogen-bond donors (Lipinski definition) is 0. The third kappa shape index (κ3) is 9.47. The molecule has 0 bridgehead atoms. The Balaban J connectivity index is 1.10. The Labute approximate surface area is 518 Å². The molecule has 0 saturated heterocycles. The van der Waals surface area contributed by atoms with Gasteiger partial charge in [-0.25, -0.2) is 0 Å². The third-order valence-electron chi connectivity index (χ3n) is 19.7. The molecule has 11 aromatic rings. The number of nitrogens with zero attached hydrogens (tertiary/aromatic N) is 3. The molecule has 14 rings (SSSR count). The van der Waals surface area contributed by atoms with Crippen LogP contribution in [0.5, 0.6) is 0 Å². The minimum absolute atomic E-state index is 0.00828. The van der Waals surface area contributed by atoms with Crippen LogP contribution in [0.4, 0.5) is 34.1 Å². The Morgan fingerprint density at radius 3 is 1.24 bits per heavy atom. The third-order valence-corrected chi connectivity index (χ3v) is 19.7. The van der Waals surface area contributed by atoms with E-state index < -0.39 is 0 Å². The fourth-order valence-electron chi connectivity index (χ4n) is 15.1. The minimum atomic E-state index is -0.137. The van der Waals surface area contributed by atoms with Crippen LogP contribution in [0.2, 0.25) is 0 Å². The molecule has 0 N–H and O–H groups in total. The van der Waals surface area contributed by atoms with E-state index in [-0.39, 0.29) is 39.2 Å². The highest BCUT2D eigenvalue weighted by atomic mass is 15.2. The summed E-state index contributed by atoms with van der Waals surface area (Å²) in [6, 6.07) is 80.5. The van der Waals surface area contributed by atoms with Gasteiger partial charge in [0.15, 0.2) is 0 Å². The summed E-state index contributed by atoms with van der Waals surface area (Å²) in [6.07, 6.45) is 1.14. The van der Waals surface area contributed by atoms with E-state index in [1.807, 2.05) is 0 Å². The normalized spacial score (nSPS) is 15.2. The highest BCUT2D eigenvalue weighted by Gasteiger charge is 2.46. The molecule has 0 spiro atoms. The van der Waals surface area contributed by atoms with Crippen LogP contribution in [0.3, 0.4) is 0 Å². The molecule has 0 fully saturated rings. The van der Waals surface area contributed by atoms with E-state index in [9.17, 15) is 0 Å². The van der Waals surface area contributed by atoms with E-state index in [1.165, 1.54) is 133 Å². The zero-order valence-electron chi connectivity index (χ0n) is 54.3. The van der Waals surface area contributed by atoms with Crippen LogP contribution in [0, 0.1) is 0 Å². The lowest BCUT2D eigenvalue weighted by Crippen LogP contribution is -2.61. The molecule has 1 aliphatic carbocycles. The number of anilines is 6. The predicted molar refractivity (Wildman–Crippen MR) is 377 cm³/mol. The van der Waals surface area contributed by atoms with Crippen LogP contribution < -0.4 is 26.2 Å². The van der Waals surface area contributed by atoms with Crippen molar-refractivity contribution >= 4 is 79.0 Å². The Morgan fingerprint density at radius 1 is 0.322 bits per heavy atom. The second-order valence-corrected chi connectivity index (χ2v) is 31.1. The average molecular weight is 1130 g/mol. The van der Waals surface area contributed by atoms with Crippen LogP contribution in [0.25, 0.3) is 60.9 Å². The first-order chi connectivity index (χ1) is 41.1. The fourth-order valence-corrected chi connectivity index (χ4v) is 15.1. The molecule has 3 aliphatic rings. The van der Waals surface area contributed by atoms with Gasteiger partial charge >= 0.3 is 0 Å². The maximum atomic E-state index is 2.65. The van der Waals surface area contributed by atoms with Crippen LogP contribution in [-0.2, 0) is 32.5 Å². The lowest BCUT2D eigenvalue weighted by atomic mass is 9.33. The minimum Gasteiger partial charge on any atom is -0.311 e. The zero-order valence-corrected chi connectivity index (χ0v) is 54.3. The summed E-state index contributed by atoms with van der Waals surface area (Å²) in [4.78, 5) is 5.27. The molecule has 87 heavy (non-hydrogen) atoms. The van der Waals surface area contributed by atoms with Crippen molar-refractivity contribution in [2.45, 2.75) is 150 Å². The number of hydrogen-bond acceptors (Lipinski definition) is 2. The molecule has 0 radical (unpaired) electrons. The van der Waals surface area contributed by atoms with E-state index in [1.54, 1.807) is 0 Å². The van der Waals surface area contributed by atoms with Gasteiger partial charge in [0.25, 0.3) is 6.71 Å². The Bertz CT molecular complexity index is 4510. The van der Waals surface area contributed by atoms with Gasteiger partial charge in [0.05, 0.1) is 16.7 Å². The Morgan fingerprint density at radius 2 is 0.747 bits per heavy atom. The summed E-state index contributed by atoms with van der Waals surface area (Å²) in [5.41, 5.74) is 30.1. The van der Waals surface area contributed by atoms with E-state index in [0.717, 1.165) is 17.8 Å². The number of benzene rings is 10. The molecule has 4 heteroatoms. The highest BCUT2D eigenvalue weighted by molar-refractivity contribution is 7.00. The molecule has 0 amide bonds. The van der Waals surface area contributed by atoms with E-state index >= 15 is 0 Å². The quantitative estimate of drug-likeness (QED) is 0.154. The molecule has 10 aromatic carbocycles. The number of para-hydroxylation sites is 2. The Kier molecular flexibility index (Phi) is 12.7. The summed E-state index contributed by atoms with van der Waals surface area (Å²) in [7, 11) is 0. The SMILES string of the molecule is CC(C)(C)c1cccc(-c2ccc3c(c2)B2c4cc(-c5cccc(C(C)(C)C)c5)ccc4N(c4cc(C(C)(C)C)cc(C(C)(C)C)c4)c4cc(-n5c6ccccc6c6ccccc65)cc(c42)N3c2ccc(-c3ccc4c(c3)C(C)(C)CC4(C)C)cc2)c1. The summed E-state index contributed by atoms with van der Waals surface area (Å²) in [5, 5.41) is 2.49. The first kappa shape index (κ1) is 56.5. The second-order valence-electron chi connectivity index (χ2n) is 31.1. The maximum absolute atomic E-state index is 2.65. The van der Waals surface area contributed by atoms with Crippen molar-refractivity contribution < 1.29 is 0 Å². The van der Waals surface area contributed by atoms with Crippen molar-refractivity contribution in [1.82, 2.24) is 4.57 Å². The van der Waals surface area contributed by atoms with E-state index in [4.69, 9.17) is 0 Å². The summed E-state index contributed by atoms with van der Waals surface area (Å²) in [5.74, 6) is 0. The smallest absolute Gasteiger partial charge is 0.252 e. The molecule has 2 aliphatic heterocycles. The monoisotopic (exact) mass is 1130 g/mol. The van der Waals surface area contributed by atoms with Gasteiger partial charge in [-0.3, -0.25) is 0 Å². The molecule has 1 aromatic heterocycles. The van der Waals surface area contributed by atoms with Crippen molar-refractivity contribution in [2.24, 2.45) is 0 Å². The van der Waals surface area contributed by atoms with Crippen molar-refractivity contribution in [1.29, 1.82) is 0 Å². The first-order valence-corrected chi connectivity index (χ1v) is 31.8.